The fourth-order valence-corrected chi connectivity index (χ4v) is 19.9. The lowest BCUT2D eigenvalue weighted by Gasteiger charge is -2.12. The summed E-state index contributed by atoms with van der Waals surface area (Å²) in [5.74, 6) is 0. The zero-order valence-electron chi connectivity index (χ0n) is 56.7. The van der Waals surface area contributed by atoms with E-state index in [1.807, 2.05) is 36.8 Å². The summed E-state index contributed by atoms with van der Waals surface area (Å²) >= 11 is 0. The molecule has 0 radical (unpaired) electrons. The third kappa shape index (κ3) is 7.55. The topological polar surface area (TPSA) is 90.6 Å². The quantitative estimate of drug-likeness (QED) is 0.141. The lowest BCUT2D eigenvalue weighted by atomic mass is 9.94. The standard InChI is InChI=1S/3C32H19N3/c1-2-7-20-18(6-1)16-25-21(20)12-11-19-17-26-23(29(19)25)14-13-22-24-8-5-15-33-31(24)35-28-10-4-3-9-27(28)34-32(35)30(22)26;1-2-7-20-18(6-1)16-19-11-12-21-22-13-14-23-24-8-5-15-33-31(24)35-28-10-4-3-9-27(28)34-32(35)30(23)26(22)17-25(21)29(19)20;1-2-7-21-18(6-1)14-19-15-26-20(16-25(19)21)17-27-22(26)11-12-23-24-8-5-13-33-31(24)35-29-10-4-3-9-28(29)34-32(35)30(23)27/h2*1-15H,16-17H2;1-13,15-16H,14,17H2. The molecule has 0 atom stereocenters. The molecule has 0 fully saturated rings. The molecule has 6 aliphatic rings. The molecule has 21 aromatic rings. The second kappa shape index (κ2) is 20.6. The van der Waals surface area contributed by atoms with Crippen molar-refractivity contribution in [1.29, 1.82) is 0 Å². The van der Waals surface area contributed by atoms with Gasteiger partial charge in [-0.2, -0.15) is 0 Å². The van der Waals surface area contributed by atoms with Crippen LogP contribution >= 0.6 is 0 Å². The first-order chi connectivity index (χ1) is 52.1. The minimum absolute atomic E-state index is 0.933. The van der Waals surface area contributed by atoms with Gasteiger partial charge < -0.3 is 0 Å². The Kier molecular flexibility index (Phi) is 11.0. The minimum Gasteiger partial charge on any atom is -0.276 e. The number of hydrogen-bond donors (Lipinski definition) is 0. The number of hydrogen-bond acceptors (Lipinski definition) is 6. The van der Waals surface area contributed by atoms with Gasteiger partial charge in [0.05, 0.1) is 33.1 Å². The van der Waals surface area contributed by atoms with E-state index in [1.54, 1.807) is 0 Å². The predicted molar refractivity (Wildman–Crippen MR) is 426 cm³/mol. The molecule has 27 rings (SSSR count). The molecule has 0 saturated heterocycles. The van der Waals surface area contributed by atoms with Crippen LogP contribution in [-0.4, -0.2) is 43.1 Å². The minimum atomic E-state index is 0.933. The Balaban J connectivity index is 0.0000000914. The average molecular weight is 1340 g/mol. The number of pyridine rings is 6. The van der Waals surface area contributed by atoms with Crippen LogP contribution in [0.4, 0.5) is 0 Å². The van der Waals surface area contributed by atoms with E-state index >= 15 is 0 Å². The van der Waals surface area contributed by atoms with Gasteiger partial charge in [0.2, 0.25) is 0 Å². The van der Waals surface area contributed by atoms with Crippen LogP contribution in [0.15, 0.2) is 273 Å². The average Bonchev–Trinajstić information content (AvgIpc) is 1.58. The molecule has 12 aromatic carbocycles. The predicted octanol–water partition coefficient (Wildman–Crippen LogP) is 22.0. The molecule has 9 aromatic heterocycles. The number of aromatic nitrogens is 9. The summed E-state index contributed by atoms with van der Waals surface area (Å²) in [7, 11) is 0. The molecule has 0 saturated carbocycles. The SMILES string of the molecule is c1ccc2c(c1)Cc1c-2ccc2c1-c1ccc3c4cccnc4n4c5ccccc5nc4c3c1C2.c1ccc2c(c1)Cc1cc3c(cc1-2)Cc1c-3ccc2c3cccnc3n3c4ccccc4nc3c12.c1ccc2c(c1)Cc1ccc3c(c1-2)Cc1c-3ccc2c3cccnc3n3c4ccccc4nc3c12. The normalized spacial score (nSPS) is 13.5. The van der Waals surface area contributed by atoms with Crippen molar-refractivity contribution in [2.24, 2.45) is 0 Å². The summed E-state index contributed by atoms with van der Waals surface area (Å²) in [5.41, 5.74) is 46.2. The monoisotopic (exact) mass is 1340 g/mol. The molecule has 0 unspecified atom stereocenters. The molecule has 486 valence electrons. The lowest BCUT2D eigenvalue weighted by molar-refractivity contribution is 1.22. The maximum absolute atomic E-state index is 5.17. The first-order valence-corrected chi connectivity index (χ1v) is 36.6. The molecule has 6 aliphatic carbocycles. The zero-order valence-corrected chi connectivity index (χ0v) is 56.7. The van der Waals surface area contributed by atoms with Gasteiger partial charge in [-0.3, -0.25) is 13.2 Å². The van der Waals surface area contributed by atoms with Crippen LogP contribution in [0.3, 0.4) is 0 Å². The number of benzene rings is 12. The first-order valence-electron chi connectivity index (χ1n) is 36.6. The van der Waals surface area contributed by atoms with Crippen molar-refractivity contribution in [3.8, 4) is 66.8 Å². The van der Waals surface area contributed by atoms with Gasteiger partial charge in [-0.25, -0.2) is 29.9 Å². The van der Waals surface area contributed by atoms with Crippen LogP contribution in [0.1, 0.15) is 66.8 Å². The van der Waals surface area contributed by atoms with Crippen molar-refractivity contribution in [2.45, 2.75) is 38.5 Å². The van der Waals surface area contributed by atoms with Crippen LogP contribution in [0.25, 0.3) is 182 Å². The Morgan fingerprint density at radius 2 is 0.552 bits per heavy atom. The summed E-state index contributed by atoms with van der Waals surface area (Å²) in [5, 5.41) is 11.0. The molecular weight excluding hydrogens is 1280 g/mol. The molecule has 0 bridgehead atoms. The van der Waals surface area contributed by atoms with Crippen molar-refractivity contribution >= 4 is 115 Å². The fraction of sp³-hybridized carbons (Fsp3) is 0.0625. The molecule has 9 heteroatoms. The smallest absolute Gasteiger partial charge is 0.147 e. The zero-order chi connectivity index (χ0) is 68.0. The van der Waals surface area contributed by atoms with Crippen molar-refractivity contribution in [3.63, 3.8) is 0 Å². The Bertz CT molecular complexity index is 7610. The van der Waals surface area contributed by atoms with Crippen LogP contribution in [-0.2, 0) is 38.5 Å². The van der Waals surface area contributed by atoms with Gasteiger partial charge in [0, 0.05) is 57.3 Å². The number of imidazole rings is 3. The third-order valence-electron chi connectivity index (χ3n) is 24.3. The molecule has 0 N–H and O–H groups in total. The molecular formula is C96H57N9. The van der Waals surface area contributed by atoms with E-state index in [9.17, 15) is 0 Å². The van der Waals surface area contributed by atoms with E-state index in [-0.39, 0.29) is 0 Å². The number of nitrogens with zero attached hydrogens (tertiary/aromatic N) is 9. The summed E-state index contributed by atoms with van der Waals surface area (Å²) < 4.78 is 6.78. The maximum Gasteiger partial charge on any atom is 0.147 e. The highest BCUT2D eigenvalue weighted by Crippen LogP contribution is 2.54. The van der Waals surface area contributed by atoms with Crippen molar-refractivity contribution < 1.29 is 0 Å². The largest absolute Gasteiger partial charge is 0.276 e. The maximum atomic E-state index is 5.17. The van der Waals surface area contributed by atoms with Gasteiger partial charge in [0.15, 0.2) is 0 Å². The molecule has 105 heavy (non-hydrogen) atoms. The van der Waals surface area contributed by atoms with Crippen LogP contribution in [0.5, 0.6) is 0 Å². The van der Waals surface area contributed by atoms with Gasteiger partial charge in [-0.05, 0) is 267 Å². The Labute approximate surface area is 600 Å². The second-order valence-corrected chi connectivity index (χ2v) is 29.4. The highest BCUT2D eigenvalue weighted by molar-refractivity contribution is 6.20. The van der Waals surface area contributed by atoms with Gasteiger partial charge in [-0.1, -0.05) is 170 Å². The highest BCUT2D eigenvalue weighted by Gasteiger charge is 2.35. The molecule has 9 nitrogen and oxygen atoms in total. The van der Waals surface area contributed by atoms with E-state index in [0.717, 1.165) is 106 Å². The van der Waals surface area contributed by atoms with Gasteiger partial charge in [0.1, 0.15) is 33.9 Å². The molecule has 9 heterocycles. The van der Waals surface area contributed by atoms with Gasteiger partial charge >= 0.3 is 0 Å². The van der Waals surface area contributed by atoms with Crippen molar-refractivity contribution in [1.82, 2.24) is 43.1 Å². The summed E-state index contributed by atoms with van der Waals surface area (Å²) in [6.45, 7) is 0. The molecule has 0 aliphatic heterocycles. The fourth-order valence-electron chi connectivity index (χ4n) is 19.9. The number of fused-ring (bicyclic) bond motifs is 47. The second-order valence-electron chi connectivity index (χ2n) is 29.4. The number of para-hydroxylation sites is 6. The Morgan fingerprint density at radius 1 is 0.210 bits per heavy atom. The van der Waals surface area contributed by atoms with Gasteiger partial charge in [0.25, 0.3) is 0 Å². The van der Waals surface area contributed by atoms with E-state index in [2.05, 4.69) is 250 Å². The van der Waals surface area contributed by atoms with E-state index in [0.29, 0.717) is 0 Å². The lowest BCUT2D eigenvalue weighted by Crippen LogP contribution is -1.96. The van der Waals surface area contributed by atoms with E-state index in [1.165, 1.54) is 182 Å². The van der Waals surface area contributed by atoms with Crippen molar-refractivity contribution in [2.75, 3.05) is 0 Å². The van der Waals surface area contributed by atoms with E-state index in [4.69, 9.17) is 29.9 Å². The van der Waals surface area contributed by atoms with Crippen LogP contribution in [0.2, 0.25) is 0 Å². The van der Waals surface area contributed by atoms with E-state index < -0.39 is 0 Å². The van der Waals surface area contributed by atoms with Crippen LogP contribution in [0, 0.1) is 0 Å². The third-order valence-corrected chi connectivity index (χ3v) is 24.3. The summed E-state index contributed by atoms with van der Waals surface area (Å²) in [6.07, 6.45) is 11.5. The molecule has 0 spiro atoms. The summed E-state index contributed by atoms with van der Waals surface area (Å²) in [4.78, 5) is 29.9. The number of rotatable bonds is 0. The summed E-state index contributed by atoms with van der Waals surface area (Å²) in [6, 6.07) is 92.6. The molecule has 0 amide bonds. The Morgan fingerprint density at radius 3 is 1.10 bits per heavy atom. The Hall–Kier alpha value is -13.5. The van der Waals surface area contributed by atoms with Gasteiger partial charge in [-0.15, -0.1) is 0 Å². The highest BCUT2D eigenvalue weighted by atomic mass is 15.1. The first kappa shape index (κ1) is 56.2. The van der Waals surface area contributed by atoms with Crippen LogP contribution < -0.4 is 0 Å². The van der Waals surface area contributed by atoms with Crippen molar-refractivity contribution in [3.05, 3.63) is 340 Å².